The van der Waals surface area contributed by atoms with E-state index in [1.165, 1.54) is 0 Å². The van der Waals surface area contributed by atoms with Gasteiger partial charge in [0.05, 0.1) is 0 Å². The van der Waals surface area contributed by atoms with Crippen molar-refractivity contribution in [3.63, 3.8) is 0 Å². The number of benzene rings is 1. The maximum absolute atomic E-state index is 10.9. The van der Waals surface area contributed by atoms with Crippen molar-refractivity contribution in [3.05, 3.63) is 30.3 Å². The molecule has 0 saturated heterocycles. The SMILES string of the molecule is NOCC(=O)Nc1ccccc1. The largest absolute Gasteiger partial charge is 0.324 e. The summed E-state index contributed by atoms with van der Waals surface area (Å²) in [5, 5.41) is 2.60. The molecule has 64 valence electrons. The lowest BCUT2D eigenvalue weighted by Gasteiger charge is -2.02. The Bertz CT molecular complexity index is 248. The van der Waals surface area contributed by atoms with E-state index in [4.69, 9.17) is 5.90 Å². The van der Waals surface area contributed by atoms with Gasteiger partial charge < -0.3 is 5.32 Å². The third-order valence-corrected chi connectivity index (χ3v) is 1.27. The molecule has 1 aromatic rings. The van der Waals surface area contributed by atoms with Crippen LogP contribution in [0, 0.1) is 0 Å². The van der Waals surface area contributed by atoms with Gasteiger partial charge in [-0.2, -0.15) is 0 Å². The molecule has 0 radical (unpaired) electrons. The number of amides is 1. The number of carbonyl (C=O) groups is 1. The Morgan fingerprint density at radius 2 is 2.08 bits per heavy atom. The highest BCUT2D eigenvalue weighted by Crippen LogP contribution is 2.03. The van der Waals surface area contributed by atoms with Crippen LogP contribution >= 0.6 is 0 Å². The van der Waals surface area contributed by atoms with E-state index in [2.05, 4.69) is 10.2 Å². The quantitative estimate of drug-likeness (QED) is 0.643. The van der Waals surface area contributed by atoms with E-state index in [9.17, 15) is 4.79 Å². The molecule has 1 aromatic carbocycles. The van der Waals surface area contributed by atoms with Gasteiger partial charge in [-0.1, -0.05) is 18.2 Å². The number of anilines is 1. The molecule has 0 unspecified atom stereocenters. The monoisotopic (exact) mass is 166 g/mol. The van der Waals surface area contributed by atoms with E-state index in [0.29, 0.717) is 0 Å². The molecule has 0 fully saturated rings. The zero-order valence-corrected chi connectivity index (χ0v) is 6.49. The molecule has 0 aliphatic carbocycles. The van der Waals surface area contributed by atoms with Crippen molar-refractivity contribution in [2.45, 2.75) is 0 Å². The van der Waals surface area contributed by atoms with Crippen LogP contribution in [0.25, 0.3) is 0 Å². The van der Waals surface area contributed by atoms with E-state index in [1.54, 1.807) is 12.1 Å². The standard InChI is InChI=1S/C8H10N2O2/c9-12-6-8(11)10-7-4-2-1-3-5-7/h1-5H,6,9H2,(H,10,11). The molecule has 0 atom stereocenters. The minimum absolute atomic E-state index is 0.130. The van der Waals surface area contributed by atoms with Gasteiger partial charge in [-0.3, -0.25) is 9.63 Å². The third kappa shape index (κ3) is 2.69. The number of nitrogens with two attached hydrogens (primary N) is 1. The van der Waals surface area contributed by atoms with Crippen molar-refractivity contribution in [1.29, 1.82) is 0 Å². The molecule has 0 heterocycles. The first-order valence-corrected chi connectivity index (χ1v) is 3.49. The van der Waals surface area contributed by atoms with Crippen LogP contribution in [0.15, 0.2) is 30.3 Å². The molecule has 1 rings (SSSR count). The van der Waals surface area contributed by atoms with Crippen molar-refractivity contribution in [3.8, 4) is 0 Å². The number of para-hydroxylation sites is 1. The molecule has 0 aromatic heterocycles. The van der Waals surface area contributed by atoms with Gasteiger partial charge in [-0.05, 0) is 12.1 Å². The summed E-state index contributed by atoms with van der Waals surface area (Å²) >= 11 is 0. The smallest absolute Gasteiger partial charge is 0.252 e. The summed E-state index contributed by atoms with van der Waals surface area (Å²) in [5.74, 6) is 4.46. The first-order chi connectivity index (χ1) is 5.83. The molecule has 3 N–H and O–H groups in total. The molecule has 0 saturated carbocycles. The maximum Gasteiger partial charge on any atom is 0.252 e. The fraction of sp³-hybridized carbons (Fsp3) is 0.125. The van der Waals surface area contributed by atoms with Crippen molar-refractivity contribution in [1.82, 2.24) is 0 Å². The predicted molar refractivity (Wildman–Crippen MR) is 45.2 cm³/mol. The van der Waals surface area contributed by atoms with E-state index >= 15 is 0 Å². The number of hydrogen-bond donors (Lipinski definition) is 2. The Balaban J connectivity index is 2.47. The van der Waals surface area contributed by atoms with Crippen LogP contribution in [0.3, 0.4) is 0 Å². The highest BCUT2D eigenvalue weighted by Gasteiger charge is 1.99. The minimum Gasteiger partial charge on any atom is -0.324 e. The van der Waals surface area contributed by atoms with Gasteiger partial charge in [0.1, 0.15) is 6.61 Å². The minimum atomic E-state index is -0.260. The summed E-state index contributed by atoms with van der Waals surface area (Å²) in [6, 6.07) is 9.11. The van der Waals surface area contributed by atoms with Crippen LogP contribution in [0.4, 0.5) is 5.69 Å². The van der Waals surface area contributed by atoms with Gasteiger partial charge in [0.15, 0.2) is 0 Å². The van der Waals surface area contributed by atoms with Crippen LogP contribution in [0.1, 0.15) is 0 Å². The highest BCUT2D eigenvalue weighted by molar-refractivity contribution is 5.91. The summed E-state index contributed by atoms with van der Waals surface area (Å²) in [6.45, 7) is -0.130. The zero-order chi connectivity index (χ0) is 8.81. The third-order valence-electron chi connectivity index (χ3n) is 1.27. The van der Waals surface area contributed by atoms with Gasteiger partial charge >= 0.3 is 0 Å². The van der Waals surface area contributed by atoms with Gasteiger partial charge in [0.25, 0.3) is 5.91 Å². The number of carbonyl (C=O) groups excluding carboxylic acids is 1. The number of hydrogen-bond acceptors (Lipinski definition) is 3. The molecule has 0 aliphatic rings. The second kappa shape index (κ2) is 4.48. The molecule has 4 nitrogen and oxygen atoms in total. The van der Waals surface area contributed by atoms with Crippen LogP contribution in [0.2, 0.25) is 0 Å². The maximum atomic E-state index is 10.9. The lowest BCUT2D eigenvalue weighted by atomic mass is 10.3. The summed E-state index contributed by atoms with van der Waals surface area (Å²) in [6.07, 6.45) is 0. The predicted octanol–water partition coefficient (Wildman–Crippen LogP) is 0.515. The second-order valence-electron chi connectivity index (χ2n) is 2.23. The molecule has 1 amide bonds. The number of nitrogens with one attached hydrogen (secondary N) is 1. The molecular formula is C8H10N2O2. The zero-order valence-electron chi connectivity index (χ0n) is 6.49. The lowest BCUT2D eigenvalue weighted by Crippen LogP contribution is -2.20. The first-order valence-electron chi connectivity index (χ1n) is 3.49. The summed E-state index contributed by atoms with van der Waals surface area (Å²) in [4.78, 5) is 15.1. The molecule has 4 heteroatoms. The summed E-state index contributed by atoms with van der Waals surface area (Å²) < 4.78 is 0. The topological polar surface area (TPSA) is 64.3 Å². The second-order valence-corrected chi connectivity index (χ2v) is 2.23. The molecule has 12 heavy (non-hydrogen) atoms. The van der Waals surface area contributed by atoms with Crippen LogP contribution < -0.4 is 11.2 Å². The highest BCUT2D eigenvalue weighted by atomic mass is 16.6. The number of rotatable bonds is 3. The van der Waals surface area contributed by atoms with E-state index in [-0.39, 0.29) is 12.5 Å². The summed E-state index contributed by atoms with van der Waals surface area (Å²) in [7, 11) is 0. The fourth-order valence-corrected chi connectivity index (χ4v) is 0.794. The summed E-state index contributed by atoms with van der Waals surface area (Å²) in [5.41, 5.74) is 0.736. The first kappa shape index (κ1) is 8.70. The van der Waals surface area contributed by atoms with Crippen LogP contribution in [-0.4, -0.2) is 12.5 Å². The fourth-order valence-electron chi connectivity index (χ4n) is 0.794. The van der Waals surface area contributed by atoms with Gasteiger partial charge in [-0.15, -0.1) is 0 Å². The van der Waals surface area contributed by atoms with Gasteiger partial charge in [-0.25, -0.2) is 5.90 Å². The lowest BCUT2D eigenvalue weighted by molar-refractivity contribution is -0.120. The van der Waals surface area contributed by atoms with E-state index in [0.717, 1.165) is 5.69 Å². The average molecular weight is 166 g/mol. The average Bonchev–Trinajstić information content (AvgIpc) is 2.06. The van der Waals surface area contributed by atoms with E-state index < -0.39 is 0 Å². The van der Waals surface area contributed by atoms with Crippen LogP contribution in [-0.2, 0) is 9.63 Å². The molecular weight excluding hydrogens is 156 g/mol. The molecule has 0 spiro atoms. The molecule has 0 bridgehead atoms. The Morgan fingerprint density at radius 3 is 2.67 bits per heavy atom. The van der Waals surface area contributed by atoms with Crippen molar-refractivity contribution < 1.29 is 9.63 Å². The Kier molecular flexibility index (Phi) is 3.25. The Labute approximate surface area is 70.3 Å². The van der Waals surface area contributed by atoms with Crippen molar-refractivity contribution in [2.24, 2.45) is 5.90 Å². The van der Waals surface area contributed by atoms with Gasteiger partial charge in [0, 0.05) is 5.69 Å². The Morgan fingerprint density at radius 1 is 1.42 bits per heavy atom. The normalized spacial score (nSPS) is 9.42. The van der Waals surface area contributed by atoms with Crippen molar-refractivity contribution >= 4 is 11.6 Å². The van der Waals surface area contributed by atoms with E-state index in [1.807, 2.05) is 18.2 Å². The van der Waals surface area contributed by atoms with Gasteiger partial charge in [0.2, 0.25) is 0 Å². The van der Waals surface area contributed by atoms with Crippen LogP contribution in [0.5, 0.6) is 0 Å². The van der Waals surface area contributed by atoms with Crippen molar-refractivity contribution in [2.75, 3.05) is 11.9 Å². The molecule has 0 aliphatic heterocycles. The Hall–Kier alpha value is -1.39.